The van der Waals surface area contributed by atoms with Crippen molar-refractivity contribution in [2.45, 2.75) is 26.7 Å². The number of nitrogens with zero attached hydrogens (tertiary/aromatic N) is 5. The summed E-state index contributed by atoms with van der Waals surface area (Å²) in [5.74, 6) is 0.773. The van der Waals surface area contributed by atoms with Crippen molar-refractivity contribution in [3.05, 3.63) is 12.4 Å². The highest BCUT2D eigenvalue weighted by molar-refractivity contribution is 5.43. The van der Waals surface area contributed by atoms with Crippen LogP contribution in [0.15, 0.2) is 12.4 Å². The standard InChI is InChI=1S/C11H18N6O/c1-11(2,4-3-5-18)8-13-9-6-12-7-10-14-15-16-17(9)10/h6-7,13,18H,3-5,8H2,1-2H3. The number of hydrogen-bond donors (Lipinski definition) is 2. The average Bonchev–Trinajstić information content (AvgIpc) is 2.82. The molecular formula is C11H18N6O. The van der Waals surface area contributed by atoms with E-state index in [0.29, 0.717) is 5.65 Å². The van der Waals surface area contributed by atoms with Crippen LogP contribution in [0, 0.1) is 5.41 Å². The molecule has 2 N–H and O–H groups in total. The summed E-state index contributed by atoms with van der Waals surface area (Å²) in [7, 11) is 0. The number of aromatic nitrogens is 5. The van der Waals surface area contributed by atoms with Gasteiger partial charge in [0.25, 0.3) is 0 Å². The molecule has 0 fully saturated rings. The first-order valence-electron chi connectivity index (χ1n) is 5.99. The van der Waals surface area contributed by atoms with Gasteiger partial charge in [-0.2, -0.15) is 4.52 Å². The maximum Gasteiger partial charge on any atom is 0.199 e. The van der Waals surface area contributed by atoms with Crippen molar-refractivity contribution in [2.24, 2.45) is 5.41 Å². The molecule has 18 heavy (non-hydrogen) atoms. The van der Waals surface area contributed by atoms with Crippen molar-refractivity contribution < 1.29 is 5.11 Å². The molecule has 0 radical (unpaired) electrons. The van der Waals surface area contributed by atoms with Crippen LogP contribution in [-0.4, -0.2) is 43.3 Å². The molecule has 0 amide bonds. The molecule has 0 saturated heterocycles. The molecule has 2 rings (SSSR count). The van der Waals surface area contributed by atoms with Gasteiger partial charge in [-0.1, -0.05) is 13.8 Å². The first-order valence-corrected chi connectivity index (χ1v) is 5.99. The molecule has 0 spiro atoms. The fourth-order valence-corrected chi connectivity index (χ4v) is 1.77. The zero-order valence-electron chi connectivity index (χ0n) is 10.7. The Morgan fingerprint density at radius 2 is 2.22 bits per heavy atom. The van der Waals surface area contributed by atoms with E-state index in [4.69, 9.17) is 5.11 Å². The number of rotatable bonds is 6. The lowest BCUT2D eigenvalue weighted by Gasteiger charge is -2.25. The van der Waals surface area contributed by atoms with E-state index >= 15 is 0 Å². The number of fused-ring (bicyclic) bond motifs is 1. The van der Waals surface area contributed by atoms with Crippen LogP contribution in [0.1, 0.15) is 26.7 Å². The molecule has 0 aromatic carbocycles. The lowest BCUT2D eigenvalue weighted by Crippen LogP contribution is -2.24. The van der Waals surface area contributed by atoms with Gasteiger partial charge in [-0.05, 0) is 28.7 Å². The zero-order valence-corrected chi connectivity index (χ0v) is 10.7. The van der Waals surface area contributed by atoms with Crippen molar-refractivity contribution in [1.29, 1.82) is 0 Å². The quantitative estimate of drug-likeness (QED) is 0.785. The molecule has 2 aromatic heterocycles. The van der Waals surface area contributed by atoms with E-state index in [1.165, 1.54) is 0 Å². The maximum absolute atomic E-state index is 8.87. The molecular weight excluding hydrogens is 232 g/mol. The van der Waals surface area contributed by atoms with Crippen LogP contribution >= 0.6 is 0 Å². The van der Waals surface area contributed by atoms with Crippen molar-refractivity contribution in [1.82, 2.24) is 25.0 Å². The van der Waals surface area contributed by atoms with Gasteiger partial charge < -0.3 is 10.4 Å². The molecule has 0 aliphatic heterocycles. The second kappa shape index (κ2) is 5.26. The molecule has 2 heterocycles. The molecule has 0 saturated carbocycles. The molecule has 0 aliphatic rings. The minimum atomic E-state index is 0.0961. The largest absolute Gasteiger partial charge is 0.396 e. The fraction of sp³-hybridized carbons (Fsp3) is 0.636. The number of aliphatic hydroxyl groups excluding tert-OH is 1. The van der Waals surface area contributed by atoms with Gasteiger partial charge >= 0.3 is 0 Å². The third-order valence-electron chi connectivity index (χ3n) is 2.87. The summed E-state index contributed by atoms with van der Waals surface area (Å²) in [5.41, 5.74) is 0.715. The Labute approximate surface area is 105 Å². The summed E-state index contributed by atoms with van der Waals surface area (Å²) in [5, 5.41) is 23.5. The topological polar surface area (TPSA) is 88.2 Å². The molecule has 7 nitrogen and oxygen atoms in total. The van der Waals surface area contributed by atoms with Crippen molar-refractivity contribution in [3.8, 4) is 0 Å². The SMILES string of the molecule is CC(C)(CCCO)CNc1cncc2nnnn12. The highest BCUT2D eigenvalue weighted by Crippen LogP contribution is 2.22. The smallest absolute Gasteiger partial charge is 0.199 e. The Hall–Kier alpha value is -1.76. The monoisotopic (exact) mass is 250 g/mol. The van der Waals surface area contributed by atoms with Crippen LogP contribution in [0.3, 0.4) is 0 Å². The summed E-state index contributed by atoms with van der Waals surface area (Å²) in [6, 6.07) is 0. The Bertz CT molecular complexity index is 509. The van der Waals surface area contributed by atoms with Gasteiger partial charge in [-0.15, -0.1) is 5.10 Å². The number of hydrogen-bond acceptors (Lipinski definition) is 6. The van der Waals surface area contributed by atoms with Crippen molar-refractivity contribution in [3.63, 3.8) is 0 Å². The third kappa shape index (κ3) is 2.92. The van der Waals surface area contributed by atoms with Gasteiger partial charge in [0.2, 0.25) is 0 Å². The average molecular weight is 250 g/mol. The Kier molecular flexibility index (Phi) is 3.71. The summed E-state index contributed by atoms with van der Waals surface area (Å²) in [6.45, 7) is 5.31. The van der Waals surface area contributed by atoms with Gasteiger partial charge in [0.1, 0.15) is 5.82 Å². The third-order valence-corrected chi connectivity index (χ3v) is 2.87. The minimum absolute atomic E-state index is 0.0961. The molecule has 0 atom stereocenters. The van der Waals surface area contributed by atoms with Crippen LogP contribution in [0.2, 0.25) is 0 Å². The summed E-state index contributed by atoms with van der Waals surface area (Å²) in [4.78, 5) is 4.08. The Morgan fingerprint density at radius 1 is 1.39 bits per heavy atom. The number of tetrazole rings is 1. The van der Waals surface area contributed by atoms with E-state index in [0.717, 1.165) is 25.2 Å². The van der Waals surface area contributed by atoms with E-state index in [9.17, 15) is 0 Å². The maximum atomic E-state index is 8.87. The van der Waals surface area contributed by atoms with Gasteiger partial charge in [0.05, 0.1) is 12.4 Å². The molecule has 0 bridgehead atoms. The van der Waals surface area contributed by atoms with Crippen molar-refractivity contribution in [2.75, 3.05) is 18.5 Å². The highest BCUT2D eigenvalue weighted by atomic mass is 16.2. The first kappa shape index (κ1) is 12.7. The second-order valence-electron chi connectivity index (χ2n) is 5.09. The van der Waals surface area contributed by atoms with Gasteiger partial charge in [0.15, 0.2) is 5.65 Å². The van der Waals surface area contributed by atoms with Crippen molar-refractivity contribution >= 4 is 11.5 Å². The zero-order chi connectivity index (χ0) is 13.0. The van der Waals surface area contributed by atoms with E-state index in [1.54, 1.807) is 16.9 Å². The summed E-state index contributed by atoms with van der Waals surface area (Å²) >= 11 is 0. The van der Waals surface area contributed by atoms with E-state index in [2.05, 4.69) is 39.7 Å². The van der Waals surface area contributed by atoms with Crippen LogP contribution in [0.25, 0.3) is 5.65 Å². The summed E-state index contributed by atoms with van der Waals surface area (Å²) in [6.07, 6.45) is 5.07. The van der Waals surface area contributed by atoms with Crippen LogP contribution in [-0.2, 0) is 0 Å². The summed E-state index contributed by atoms with van der Waals surface area (Å²) < 4.78 is 1.62. The lowest BCUT2D eigenvalue weighted by atomic mass is 9.88. The van der Waals surface area contributed by atoms with Gasteiger partial charge in [-0.3, -0.25) is 4.98 Å². The number of aliphatic hydroxyl groups is 1. The fourth-order valence-electron chi connectivity index (χ4n) is 1.77. The predicted molar refractivity (Wildman–Crippen MR) is 67.2 cm³/mol. The van der Waals surface area contributed by atoms with Gasteiger partial charge in [-0.25, -0.2) is 0 Å². The molecule has 0 aliphatic carbocycles. The minimum Gasteiger partial charge on any atom is -0.396 e. The Balaban J connectivity index is 2.03. The van der Waals surface area contributed by atoms with Gasteiger partial charge in [0, 0.05) is 13.2 Å². The van der Waals surface area contributed by atoms with Crippen LogP contribution in [0.5, 0.6) is 0 Å². The van der Waals surface area contributed by atoms with E-state index in [1.807, 2.05) is 0 Å². The highest BCUT2D eigenvalue weighted by Gasteiger charge is 2.17. The molecule has 0 unspecified atom stereocenters. The van der Waals surface area contributed by atoms with E-state index < -0.39 is 0 Å². The number of nitrogens with one attached hydrogen (secondary N) is 1. The van der Waals surface area contributed by atoms with Crippen LogP contribution < -0.4 is 5.32 Å². The first-order chi connectivity index (χ1) is 8.62. The lowest BCUT2D eigenvalue weighted by molar-refractivity contribution is 0.247. The molecule has 7 heteroatoms. The number of anilines is 1. The van der Waals surface area contributed by atoms with E-state index in [-0.39, 0.29) is 12.0 Å². The second-order valence-corrected chi connectivity index (χ2v) is 5.09. The normalized spacial score (nSPS) is 11.9. The Morgan fingerprint density at radius 3 is 3.00 bits per heavy atom. The molecule has 2 aromatic rings. The van der Waals surface area contributed by atoms with Crippen LogP contribution in [0.4, 0.5) is 5.82 Å². The predicted octanol–water partition coefficient (Wildman–Crippen LogP) is 0.730. The molecule has 98 valence electrons.